The van der Waals surface area contributed by atoms with Crippen molar-refractivity contribution in [2.45, 2.75) is 24.6 Å². The van der Waals surface area contributed by atoms with Gasteiger partial charge in [-0.1, -0.05) is 90.5 Å². The number of fused-ring (bicyclic) bond motifs is 1. The van der Waals surface area contributed by atoms with Crippen LogP contribution >= 0.6 is 11.6 Å². The Balaban J connectivity index is 1.25. The highest BCUT2D eigenvalue weighted by atomic mass is 35.5. The Morgan fingerprint density at radius 2 is 1.44 bits per heavy atom. The van der Waals surface area contributed by atoms with Gasteiger partial charge in [0.2, 0.25) is 5.91 Å². The number of alkyl halides is 3. The van der Waals surface area contributed by atoms with Crippen LogP contribution in [0.5, 0.6) is 0 Å². The average Bonchev–Trinajstić information content (AvgIpc) is 3.43. The molecule has 0 radical (unpaired) electrons. The molecule has 43 heavy (non-hydrogen) atoms. The number of piperazine rings is 1. The van der Waals surface area contributed by atoms with Gasteiger partial charge in [-0.2, -0.15) is 13.2 Å². The number of aromatic nitrogens is 2. The molecular formula is C34H30ClF3N4O. The number of nitrogens with zero attached hydrogens (tertiary/aromatic N) is 4. The van der Waals surface area contributed by atoms with E-state index in [2.05, 4.69) is 34.1 Å². The quantitative estimate of drug-likeness (QED) is 0.194. The van der Waals surface area contributed by atoms with Crippen LogP contribution in [0.3, 0.4) is 0 Å². The minimum atomic E-state index is -4.50. The van der Waals surface area contributed by atoms with Gasteiger partial charge in [0.05, 0.1) is 22.3 Å². The second kappa shape index (κ2) is 12.2. The number of carbonyl (C=O) groups is 1. The second-order valence-corrected chi connectivity index (χ2v) is 11.2. The van der Waals surface area contributed by atoms with E-state index in [1.807, 2.05) is 41.3 Å². The highest BCUT2D eigenvalue weighted by Gasteiger charge is 2.33. The van der Waals surface area contributed by atoms with Crippen molar-refractivity contribution in [2.75, 3.05) is 26.2 Å². The van der Waals surface area contributed by atoms with Crippen molar-refractivity contribution in [3.63, 3.8) is 0 Å². The normalized spacial score (nSPS) is 15.2. The molecule has 5 aromatic rings. The van der Waals surface area contributed by atoms with Crippen molar-refractivity contribution in [3.05, 3.63) is 142 Å². The zero-order valence-corrected chi connectivity index (χ0v) is 24.0. The van der Waals surface area contributed by atoms with Crippen molar-refractivity contribution in [2.24, 2.45) is 0 Å². The Bertz CT molecular complexity index is 1660. The molecule has 0 N–H and O–H groups in total. The van der Waals surface area contributed by atoms with Gasteiger partial charge in [-0.15, -0.1) is 0 Å². The van der Waals surface area contributed by atoms with Crippen LogP contribution in [-0.2, 0) is 11.0 Å². The van der Waals surface area contributed by atoms with Crippen LogP contribution < -0.4 is 0 Å². The van der Waals surface area contributed by atoms with Gasteiger partial charge in [-0.05, 0) is 34.9 Å². The summed E-state index contributed by atoms with van der Waals surface area (Å²) in [6, 6.07) is 29.3. The standard InChI is InChI=1S/C34H30ClF3N4O/c35-28-14-15-31-39-22-30(42(31)23-28)29(26-12-7-13-27(20-26)34(36,37)38)21-32(43)40-16-18-41(19-17-40)33(24-8-3-1-4-9-24)25-10-5-2-6-11-25/h1-15,20,22-23,29,33H,16-19,21H2/t29-/m1/s1. The van der Waals surface area contributed by atoms with Crippen LogP contribution in [0.1, 0.15) is 46.3 Å². The summed E-state index contributed by atoms with van der Waals surface area (Å²) in [5.41, 5.74) is 3.23. The highest BCUT2D eigenvalue weighted by molar-refractivity contribution is 6.30. The van der Waals surface area contributed by atoms with E-state index in [9.17, 15) is 18.0 Å². The van der Waals surface area contributed by atoms with E-state index in [-0.39, 0.29) is 18.4 Å². The Kier molecular flexibility index (Phi) is 8.23. The molecule has 1 saturated heterocycles. The maximum Gasteiger partial charge on any atom is 0.416 e. The molecule has 9 heteroatoms. The van der Waals surface area contributed by atoms with Gasteiger partial charge in [0.25, 0.3) is 0 Å². The largest absolute Gasteiger partial charge is 0.416 e. The summed E-state index contributed by atoms with van der Waals surface area (Å²) < 4.78 is 42.7. The predicted molar refractivity (Wildman–Crippen MR) is 161 cm³/mol. The maximum absolute atomic E-state index is 13.8. The minimum Gasteiger partial charge on any atom is -0.340 e. The van der Waals surface area contributed by atoms with E-state index >= 15 is 0 Å². The van der Waals surface area contributed by atoms with Crippen LogP contribution in [0, 0.1) is 0 Å². The third-order valence-electron chi connectivity index (χ3n) is 8.11. The molecule has 220 valence electrons. The van der Waals surface area contributed by atoms with Crippen molar-refractivity contribution < 1.29 is 18.0 Å². The summed E-state index contributed by atoms with van der Waals surface area (Å²) in [4.78, 5) is 22.4. The van der Waals surface area contributed by atoms with Gasteiger partial charge >= 0.3 is 6.18 Å². The molecule has 3 heterocycles. The minimum absolute atomic E-state index is 0.00240. The zero-order chi connectivity index (χ0) is 30.0. The Hall–Kier alpha value is -4.14. The predicted octanol–water partition coefficient (Wildman–Crippen LogP) is 7.46. The first kappa shape index (κ1) is 29.0. The lowest BCUT2D eigenvalue weighted by Gasteiger charge is -2.40. The Labute approximate surface area is 253 Å². The van der Waals surface area contributed by atoms with Gasteiger partial charge in [-0.3, -0.25) is 9.69 Å². The first-order valence-corrected chi connectivity index (χ1v) is 14.6. The monoisotopic (exact) mass is 602 g/mol. The summed E-state index contributed by atoms with van der Waals surface area (Å²) >= 11 is 6.26. The molecule has 1 amide bonds. The molecule has 6 rings (SSSR count). The summed E-state index contributed by atoms with van der Waals surface area (Å²) in [6.45, 7) is 2.37. The number of pyridine rings is 1. The number of carbonyl (C=O) groups excluding carboxylic acids is 1. The SMILES string of the molecule is O=C(C[C@H](c1cccc(C(F)(F)F)c1)c1cnc2ccc(Cl)cn12)N1CCN(C(c2ccccc2)c2ccccc2)CC1. The molecule has 2 aromatic heterocycles. The lowest BCUT2D eigenvalue weighted by atomic mass is 9.90. The number of hydrogen-bond acceptors (Lipinski definition) is 3. The molecule has 3 aromatic carbocycles. The third kappa shape index (κ3) is 6.31. The molecule has 1 fully saturated rings. The fourth-order valence-electron chi connectivity index (χ4n) is 5.97. The van der Waals surface area contributed by atoms with E-state index in [4.69, 9.17) is 11.6 Å². The van der Waals surface area contributed by atoms with Crippen LogP contribution in [0.2, 0.25) is 5.02 Å². The molecule has 0 saturated carbocycles. The van der Waals surface area contributed by atoms with Gasteiger partial charge in [0, 0.05) is 50.9 Å². The smallest absolute Gasteiger partial charge is 0.340 e. The summed E-state index contributed by atoms with van der Waals surface area (Å²) in [6.07, 6.45) is -1.21. The first-order valence-electron chi connectivity index (χ1n) is 14.2. The Morgan fingerprint density at radius 3 is 2.07 bits per heavy atom. The molecule has 1 aliphatic rings. The van der Waals surface area contributed by atoms with Gasteiger partial charge < -0.3 is 9.30 Å². The van der Waals surface area contributed by atoms with E-state index in [1.54, 1.807) is 35.0 Å². The number of imidazole rings is 1. The number of halogens is 4. The van der Waals surface area contributed by atoms with Crippen LogP contribution in [-0.4, -0.2) is 51.3 Å². The molecular weight excluding hydrogens is 573 g/mol. The third-order valence-corrected chi connectivity index (χ3v) is 8.34. The van der Waals surface area contributed by atoms with Crippen molar-refractivity contribution in [3.8, 4) is 0 Å². The van der Waals surface area contributed by atoms with Gasteiger partial charge in [-0.25, -0.2) is 4.98 Å². The molecule has 0 spiro atoms. The van der Waals surface area contributed by atoms with Crippen molar-refractivity contribution in [1.82, 2.24) is 19.2 Å². The van der Waals surface area contributed by atoms with Gasteiger partial charge in [0.1, 0.15) is 5.65 Å². The van der Waals surface area contributed by atoms with E-state index < -0.39 is 17.7 Å². The molecule has 5 nitrogen and oxygen atoms in total. The summed E-state index contributed by atoms with van der Waals surface area (Å²) in [5.74, 6) is -0.766. The molecule has 0 unspecified atom stereocenters. The summed E-state index contributed by atoms with van der Waals surface area (Å²) in [5, 5.41) is 0.461. The average molecular weight is 603 g/mol. The number of rotatable bonds is 7. The lowest BCUT2D eigenvalue weighted by Crippen LogP contribution is -2.50. The van der Waals surface area contributed by atoms with E-state index in [0.29, 0.717) is 48.1 Å². The summed E-state index contributed by atoms with van der Waals surface area (Å²) in [7, 11) is 0. The molecule has 0 bridgehead atoms. The van der Waals surface area contributed by atoms with Crippen molar-refractivity contribution >= 4 is 23.2 Å². The zero-order valence-electron chi connectivity index (χ0n) is 23.3. The fraction of sp³-hybridized carbons (Fsp3) is 0.235. The topological polar surface area (TPSA) is 40.9 Å². The van der Waals surface area contributed by atoms with E-state index in [0.717, 1.165) is 12.1 Å². The number of amides is 1. The molecule has 1 atom stereocenters. The maximum atomic E-state index is 13.8. The number of hydrogen-bond donors (Lipinski definition) is 0. The first-order chi connectivity index (χ1) is 20.8. The van der Waals surface area contributed by atoms with Gasteiger partial charge in [0.15, 0.2) is 0 Å². The fourth-order valence-corrected chi connectivity index (χ4v) is 6.13. The lowest BCUT2D eigenvalue weighted by molar-refractivity contribution is -0.137. The molecule has 0 aliphatic carbocycles. The second-order valence-electron chi connectivity index (χ2n) is 10.8. The van der Waals surface area contributed by atoms with Crippen molar-refractivity contribution in [1.29, 1.82) is 0 Å². The van der Waals surface area contributed by atoms with Crippen LogP contribution in [0.15, 0.2) is 109 Å². The van der Waals surface area contributed by atoms with E-state index in [1.165, 1.54) is 17.2 Å². The molecule has 1 aliphatic heterocycles. The highest BCUT2D eigenvalue weighted by Crippen LogP contribution is 2.36. The Morgan fingerprint density at radius 1 is 0.814 bits per heavy atom. The van der Waals surface area contributed by atoms with Crippen LogP contribution in [0.4, 0.5) is 13.2 Å². The number of benzene rings is 3. The van der Waals surface area contributed by atoms with Crippen LogP contribution in [0.25, 0.3) is 5.65 Å².